The SMILES string of the molecule is Cc1ccc2cc(CNS(=O)(=O)c3cccc([N+](=O)[O-])c3)c(=O)[nH]c2c1C. The summed E-state index contributed by atoms with van der Waals surface area (Å²) in [5.74, 6) is 0. The van der Waals surface area contributed by atoms with Crippen molar-refractivity contribution in [3.63, 3.8) is 0 Å². The number of non-ortho nitro benzene ring substituents is 1. The quantitative estimate of drug-likeness (QED) is 0.514. The largest absolute Gasteiger partial charge is 0.321 e. The van der Waals surface area contributed by atoms with Crippen LogP contribution in [0, 0.1) is 24.0 Å². The van der Waals surface area contributed by atoms with Gasteiger partial charge in [0.2, 0.25) is 10.0 Å². The van der Waals surface area contributed by atoms with Crippen molar-refractivity contribution in [3.05, 3.63) is 79.6 Å². The van der Waals surface area contributed by atoms with Gasteiger partial charge in [-0.25, -0.2) is 13.1 Å². The third kappa shape index (κ3) is 3.74. The number of hydrogen-bond acceptors (Lipinski definition) is 5. The zero-order valence-electron chi connectivity index (χ0n) is 14.6. The molecule has 0 aliphatic rings. The average Bonchev–Trinajstić information content (AvgIpc) is 2.64. The highest BCUT2D eigenvalue weighted by atomic mass is 32.2. The number of benzene rings is 2. The molecule has 0 radical (unpaired) electrons. The molecule has 0 bridgehead atoms. The van der Waals surface area contributed by atoms with Crippen molar-refractivity contribution in [3.8, 4) is 0 Å². The molecule has 1 heterocycles. The van der Waals surface area contributed by atoms with Gasteiger partial charge >= 0.3 is 0 Å². The first-order chi connectivity index (χ1) is 12.7. The summed E-state index contributed by atoms with van der Waals surface area (Å²) in [4.78, 5) is 25.0. The summed E-state index contributed by atoms with van der Waals surface area (Å²) in [6.07, 6.45) is 0. The van der Waals surface area contributed by atoms with Crippen LogP contribution >= 0.6 is 0 Å². The summed E-state index contributed by atoms with van der Waals surface area (Å²) < 4.78 is 27.1. The number of H-pyrrole nitrogens is 1. The fourth-order valence-electron chi connectivity index (χ4n) is 2.72. The maximum absolute atomic E-state index is 12.4. The van der Waals surface area contributed by atoms with Crippen molar-refractivity contribution in [2.24, 2.45) is 0 Å². The predicted octanol–water partition coefficient (Wildman–Crippen LogP) is 2.53. The molecule has 2 N–H and O–H groups in total. The zero-order valence-corrected chi connectivity index (χ0v) is 15.5. The van der Waals surface area contributed by atoms with Gasteiger partial charge in [0.05, 0.1) is 15.3 Å². The number of sulfonamides is 1. The molecule has 0 aliphatic heterocycles. The summed E-state index contributed by atoms with van der Waals surface area (Å²) in [6, 6.07) is 10.1. The van der Waals surface area contributed by atoms with Crippen LogP contribution in [0.5, 0.6) is 0 Å². The molecule has 8 nitrogen and oxygen atoms in total. The molecule has 0 amide bonds. The molecule has 0 unspecified atom stereocenters. The van der Waals surface area contributed by atoms with Crippen molar-refractivity contribution < 1.29 is 13.3 Å². The lowest BCUT2D eigenvalue weighted by Crippen LogP contribution is -2.27. The van der Waals surface area contributed by atoms with Gasteiger partial charge in [-0.15, -0.1) is 0 Å². The zero-order chi connectivity index (χ0) is 19.8. The molecule has 0 fully saturated rings. The second kappa shape index (κ2) is 6.93. The van der Waals surface area contributed by atoms with Crippen LogP contribution in [-0.4, -0.2) is 18.3 Å². The number of nitro benzene ring substituents is 1. The number of nitro groups is 1. The van der Waals surface area contributed by atoms with E-state index < -0.39 is 20.5 Å². The summed E-state index contributed by atoms with van der Waals surface area (Å²) in [6.45, 7) is 3.61. The second-order valence-corrected chi connectivity index (χ2v) is 7.94. The molecule has 140 valence electrons. The number of aromatic amines is 1. The number of fused-ring (bicyclic) bond motifs is 1. The van der Waals surface area contributed by atoms with Gasteiger partial charge in [0.25, 0.3) is 11.2 Å². The first kappa shape index (κ1) is 18.7. The molecule has 0 saturated carbocycles. The second-order valence-electron chi connectivity index (χ2n) is 6.17. The Morgan fingerprint density at radius 2 is 1.89 bits per heavy atom. The van der Waals surface area contributed by atoms with Gasteiger partial charge in [-0.3, -0.25) is 14.9 Å². The first-order valence-corrected chi connectivity index (χ1v) is 9.53. The maximum Gasteiger partial charge on any atom is 0.270 e. The van der Waals surface area contributed by atoms with Crippen molar-refractivity contribution in [1.29, 1.82) is 0 Å². The van der Waals surface area contributed by atoms with Crippen LogP contribution in [0.1, 0.15) is 16.7 Å². The topological polar surface area (TPSA) is 122 Å². The minimum atomic E-state index is -4.01. The Kier molecular flexibility index (Phi) is 4.81. The number of aromatic nitrogens is 1. The molecule has 0 saturated heterocycles. The highest BCUT2D eigenvalue weighted by Crippen LogP contribution is 2.20. The van der Waals surface area contributed by atoms with E-state index in [0.717, 1.165) is 22.6 Å². The number of pyridine rings is 1. The highest BCUT2D eigenvalue weighted by molar-refractivity contribution is 7.89. The molecule has 2 aromatic carbocycles. The van der Waals surface area contributed by atoms with E-state index >= 15 is 0 Å². The Morgan fingerprint density at radius 1 is 1.15 bits per heavy atom. The van der Waals surface area contributed by atoms with Crippen LogP contribution in [0.2, 0.25) is 0 Å². The monoisotopic (exact) mass is 387 g/mol. The van der Waals surface area contributed by atoms with Crippen molar-refractivity contribution >= 4 is 26.6 Å². The molecule has 3 aromatic rings. The van der Waals surface area contributed by atoms with Crippen LogP contribution in [0.15, 0.2) is 52.2 Å². The van der Waals surface area contributed by atoms with Gasteiger partial charge in [0.1, 0.15) is 0 Å². The van der Waals surface area contributed by atoms with Crippen LogP contribution in [0.3, 0.4) is 0 Å². The van der Waals surface area contributed by atoms with Gasteiger partial charge < -0.3 is 4.98 Å². The van der Waals surface area contributed by atoms with Crippen molar-refractivity contribution in [2.45, 2.75) is 25.3 Å². The Balaban J connectivity index is 1.91. The van der Waals surface area contributed by atoms with Gasteiger partial charge in [0, 0.05) is 24.2 Å². The van der Waals surface area contributed by atoms with Crippen molar-refractivity contribution in [1.82, 2.24) is 9.71 Å². The van der Waals surface area contributed by atoms with Gasteiger partial charge in [-0.05, 0) is 42.5 Å². The van der Waals surface area contributed by atoms with E-state index in [1.807, 2.05) is 26.0 Å². The Hall–Kier alpha value is -3.04. The fraction of sp³-hybridized carbons (Fsp3) is 0.167. The molecular formula is C18H17N3O5S. The van der Waals surface area contributed by atoms with Crippen LogP contribution in [0.4, 0.5) is 5.69 Å². The minimum Gasteiger partial charge on any atom is -0.321 e. The third-order valence-electron chi connectivity index (χ3n) is 4.42. The number of aryl methyl sites for hydroxylation is 2. The number of hydrogen-bond donors (Lipinski definition) is 2. The number of rotatable bonds is 5. The number of nitrogens with zero attached hydrogens (tertiary/aromatic N) is 1. The van der Waals surface area contributed by atoms with Gasteiger partial charge in [-0.1, -0.05) is 18.2 Å². The first-order valence-electron chi connectivity index (χ1n) is 8.05. The lowest BCUT2D eigenvalue weighted by molar-refractivity contribution is -0.385. The average molecular weight is 387 g/mol. The van der Waals surface area contributed by atoms with Gasteiger partial charge in [0.15, 0.2) is 0 Å². The van der Waals surface area contributed by atoms with Crippen molar-refractivity contribution in [2.75, 3.05) is 0 Å². The molecule has 0 atom stereocenters. The standard InChI is InChI=1S/C18H17N3O5S/c1-11-6-7-13-8-14(18(22)20-17(13)12(11)2)10-19-27(25,26)16-5-3-4-15(9-16)21(23)24/h3-9,19H,10H2,1-2H3,(H,20,22). The summed E-state index contributed by atoms with van der Waals surface area (Å²) in [5.41, 5.74) is 2.24. The lowest BCUT2D eigenvalue weighted by atomic mass is 10.0. The van der Waals surface area contributed by atoms with E-state index in [9.17, 15) is 23.3 Å². The normalized spacial score (nSPS) is 11.6. The van der Waals surface area contributed by atoms with E-state index in [4.69, 9.17) is 0 Å². The van der Waals surface area contributed by atoms with Crippen LogP contribution in [0.25, 0.3) is 10.9 Å². The molecule has 0 aliphatic carbocycles. The van der Waals surface area contributed by atoms with Crippen LogP contribution < -0.4 is 10.3 Å². The number of nitrogens with one attached hydrogen (secondary N) is 2. The maximum atomic E-state index is 12.4. The van der Waals surface area contributed by atoms with Crippen LogP contribution in [-0.2, 0) is 16.6 Å². The molecule has 3 rings (SSSR count). The summed E-state index contributed by atoms with van der Waals surface area (Å²) in [7, 11) is -4.01. The summed E-state index contributed by atoms with van der Waals surface area (Å²) >= 11 is 0. The van der Waals surface area contributed by atoms with E-state index in [-0.39, 0.29) is 22.7 Å². The molecular weight excluding hydrogens is 370 g/mol. The smallest absolute Gasteiger partial charge is 0.270 e. The Labute approximate surface area is 155 Å². The minimum absolute atomic E-state index is 0.233. The predicted molar refractivity (Wildman–Crippen MR) is 101 cm³/mol. The molecule has 27 heavy (non-hydrogen) atoms. The van der Waals surface area contributed by atoms with Gasteiger partial charge in [-0.2, -0.15) is 0 Å². The van der Waals surface area contributed by atoms with E-state index in [1.54, 1.807) is 6.07 Å². The van der Waals surface area contributed by atoms with E-state index in [0.29, 0.717) is 5.52 Å². The fourth-order valence-corrected chi connectivity index (χ4v) is 3.77. The summed E-state index contributed by atoms with van der Waals surface area (Å²) in [5, 5.41) is 11.6. The third-order valence-corrected chi connectivity index (χ3v) is 5.82. The Bertz CT molecular complexity index is 1220. The molecule has 0 spiro atoms. The van der Waals surface area contributed by atoms with E-state index in [1.165, 1.54) is 18.2 Å². The molecule has 9 heteroatoms. The lowest BCUT2D eigenvalue weighted by Gasteiger charge is -2.09. The van der Waals surface area contributed by atoms with E-state index in [2.05, 4.69) is 9.71 Å². The Morgan fingerprint density at radius 3 is 2.59 bits per heavy atom. The molecule has 1 aromatic heterocycles. The highest BCUT2D eigenvalue weighted by Gasteiger charge is 2.18.